The first kappa shape index (κ1) is 13.8. The summed E-state index contributed by atoms with van der Waals surface area (Å²) in [6.45, 7) is 3.21. The Balaban J connectivity index is 2.32. The molecule has 0 aromatic rings. The van der Waals surface area contributed by atoms with Gasteiger partial charge in [-0.25, -0.2) is 4.79 Å². The maximum atomic E-state index is 11.7. The third kappa shape index (κ3) is 3.89. The van der Waals surface area contributed by atoms with Crippen LogP contribution in [0.1, 0.15) is 19.8 Å². The predicted octanol–water partition coefficient (Wildman–Crippen LogP) is 0.121. The molecule has 98 valence electrons. The van der Waals surface area contributed by atoms with E-state index < -0.39 is 11.9 Å². The minimum absolute atomic E-state index is 0.0937. The summed E-state index contributed by atoms with van der Waals surface area (Å²) in [6.07, 6.45) is 1.30. The molecule has 2 atom stereocenters. The number of nitrogens with zero attached hydrogens (tertiary/aromatic N) is 1. The van der Waals surface area contributed by atoms with Crippen LogP contribution in [0.25, 0.3) is 0 Å². The molecule has 0 radical (unpaired) electrons. The van der Waals surface area contributed by atoms with Crippen LogP contribution in [0.3, 0.4) is 0 Å². The van der Waals surface area contributed by atoms with E-state index in [1.54, 1.807) is 11.8 Å². The summed E-state index contributed by atoms with van der Waals surface area (Å²) in [4.78, 5) is 24.1. The number of aliphatic carboxylic acids is 1. The standard InChI is InChI=1S/C11H20N2O4/c1-2-9(10(15)16)5-12-11(17)13-4-3-8(6-13)7-14/h8-9,14H,2-7H2,1H3,(H,12,17)(H,15,16). The van der Waals surface area contributed by atoms with E-state index in [4.69, 9.17) is 10.2 Å². The van der Waals surface area contributed by atoms with Crippen LogP contribution >= 0.6 is 0 Å². The Morgan fingerprint density at radius 1 is 1.53 bits per heavy atom. The first-order chi connectivity index (χ1) is 8.08. The zero-order chi connectivity index (χ0) is 12.8. The second-order valence-electron chi connectivity index (χ2n) is 4.41. The number of aliphatic hydroxyl groups excluding tert-OH is 1. The third-order valence-electron chi connectivity index (χ3n) is 3.17. The molecule has 0 aliphatic carbocycles. The normalized spacial score (nSPS) is 21.3. The molecule has 1 heterocycles. The fourth-order valence-corrected chi connectivity index (χ4v) is 1.89. The summed E-state index contributed by atoms with van der Waals surface area (Å²) in [5.74, 6) is -1.26. The van der Waals surface area contributed by atoms with Gasteiger partial charge in [-0.05, 0) is 12.8 Å². The van der Waals surface area contributed by atoms with Crippen molar-refractivity contribution in [2.75, 3.05) is 26.2 Å². The minimum Gasteiger partial charge on any atom is -0.481 e. The number of carboxylic acid groups (broad SMARTS) is 1. The molecule has 0 aromatic heterocycles. The molecule has 1 aliphatic heterocycles. The van der Waals surface area contributed by atoms with Gasteiger partial charge in [0.25, 0.3) is 0 Å². The van der Waals surface area contributed by atoms with E-state index in [1.807, 2.05) is 0 Å². The molecule has 0 spiro atoms. The fraction of sp³-hybridized carbons (Fsp3) is 0.818. The number of aliphatic hydroxyl groups is 1. The molecule has 1 saturated heterocycles. The average molecular weight is 244 g/mol. The molecule has 3 N–H and O–H groups in total. The number of hydrogen-bond acceptors (Lipinski definition) is 3. The first-order valence-electron chi connectivity index (χ1n) is 5.94. The highest BCUT2D eigenvalue weighted by Gasteiger charge is 2.26. The molecule has 1 aliphatic rings. The van der Waals surface area contributed by atoms with Crippen molar-refractivity contribution in [3.63, 3.8) is 0 Å². The van der Waals surface area contributed by atoms with Crippen LogP contribution in [0, 0.1) is 11.8 Å². The molecular formula is C11H20N2O4. The van der Waals surface area contributed by atoms with E-state index in [9.17, 15) is 9.59 Å². The maximum Gasteiger partial charge on any atom is 0.317 e. The van der Waals surface area contributed by atoms with Crippen LogP contribution in [0.4, 0.5) is 4.79 Å². The molecule has 2 unspecified atom stereocenters. The number of nitrogens with one attached hydrogen (secondary N) is 1. The minimum atomic E-state index is -0.887. The number of rotatable bonds is 5. The Morgan fingerprint density at radius 2 is 2.24 bits per heavy atom. The van der Waals surface area contributed by atoms with Crippen molar-refractivity contribution in [1.29, 1.82) is 0 Å². The van der Waals surface area contributed by atoms with Crippen molar-refractivity contribution in [1.82, 2.24) is 10.2 Å². The second-order valence-corrected chi connectivity index (χ2v) is 4.41. The van der Waals surface area contributed by atoms with E-state index in [0.29, 0.717) is 19.5 Å². The lowest BCUT2D eigenvalue weighted by atomic mass is 10.1. The van der Waals surface area contributed by atoms with Gasteiger partial charge in [-0.3, -0.25) is 4.79 Å². The molecule has 6 nitrogen and oxygen atoms in total. The summed E-state index contributed by atoms with van der Waals surface area (Å²) < 4.78 is 0. The van der Waals surface area contributed by atoms with Gasteiger partial charge in [0, 0.05) is 32.2 Å². The lowest BCUT2D eigenvalue weighted by molar-refractivity contribution is -0.141. The van der Waals surface area contributed by atoms with E-state index in [1.165, 1.54) is 0 Å². The van der Waals surface area contributed by atoms with Crippen molar-refractivity contribution in [2.24, 2.45) is 11.8 Å². The Labute approximate surface area is 101 Å². The highest BCUT2D eigenvalue weighted by atomic mass is 16.4. The number of carbonyl (C=O) groups excluding carboxylic acids is 1. The van der Waals surface area contributed by atoms with Gasteiger partial charge in [0.1, 0.15) is 0 Å². The van der Waals surface area contributed by atoms with Gasteiger partial charge < -0.3 is 20.4 Å². The van der Waals surface area contributed by atoms with E-state index in [-0.39, 0.29) is 25.1 Å². The summed E-state index contributed by atoms with van der Waals surface area (Å²) in [5.41, 5.74) is 0. The maximum absolute atomic E-state index is 11.7. The van der Waals surface area contributed by atoms with Crippen molar-refractivity contribution >= 4 is 12.0 Å². The number of amides is 2. The quantitative estimate of drug-likeness (QED) is 0.641. The van der Waals surface area contributed by atoms with Gasteiger partial charge in [-0.1, -0.05) is 6.92 Å². The van der Waals surface area contributed by atoms with Crippen LogP contribution in [0.15, 0.2) is 0 Å². The molecule has 1 fully saturated rings. The highest BCUT2D eigenvalue weighted by Crippen LogP contribution is 2.15. The van der Waals surface area contributed by atoms with Crippen LogP contribution in [-0.2, 0) is 4.79 Å². The molecule has 17 heavy (non-hydrogen) atoms. The van der Waals surface area contributed by atoms with E-state index >= 15 is 0 Å². The van der Waals surface area contributed by atoms with Crippen LogP contribution in [0.5, 0.6) is 0 Å². The van der Waals surface area contributed by atoms with Gasteiger partial charge in [0.2, 0.25) is 0 Å². The van der Waals surface area contributed by atoms with Crippen LogP contribution in [0.2, 0.25) is 0 Å². The Hall–Kier alpha value is -1.30. The predicted molar refractivity (Wildman–Crippen MR) is 61.6 cm³/mol. The van der Waals surface area contributed by atoms with Crippen molar-refractivity contribution < 1.29 is 19.8 Å². The van der Waals surface area contributed by atoms with E-state index in [0.717, 1.165) is 6.42 Å². The van der Waals surface area contributed by atoms with Gasteiger partial charge in [0.05, 0.1) is 5.92 Å². The fourth-order valence-electron chi connectivity index (χ4n) is 1.89. The van der Waals surface area contributed by atoms with Crippen molar-refractivity contribution in [3.05, 3.63) is 0 Å². The Morgan fingerprint density at radius 3 is 2.71 bits per heavy atom. The number of carbonyl (C=O) groups is 2. The van der Waals surface area contributed by atoms with Crippen LogP contribution in [-0.4, -0.2) is 53.4 Å². The van der Waals surface area contributed by atoms with Gasteiger partial charge in [-0.2, -0.15) is 0 Å². The molecule has 0 bridgehead atoms. The molecule has 6 heteroatoms. The summed E-state index contributed by atoms with van der Waals surface area (Å²) in [5, 5.41) is 20.4. The Kier molecular flexibility index (Phi) is 5.21. The zero-order valence-corrected chi connectivity index (χ0v) is 10.1. The lowest BCUT2D eigenvalue weighted by Crippen LogP contribution is -2.41. The molecular weight excluding hydrogens is 224 g/mol. The van der Waals surface area contributed by atoms with Crippen molar-refractivity contribution in [2.45, 2.75) is 19.8 Å². The van der Waals surface area contributed by atoms with Gasteiger partial charge >= 0.3 is 12.0 Å². The van der Waals surface area contributed by atoms with Gasteiger partial charge in [-0.15, -0.1) is 0 Å². The Bertz CT molecular complexity index is 283. The van der Waals surface area contributed by atoms with Gasteiger partial charge in [0.15, 0.2) is 0 Å². The van der Waals surface area contributed by atoms with Crippen molar-refractivity contribution in [3.8, 4) is 0 Å². The number of likely N-dealkylation sites (tertiary alicyclic amines) is 1. The third-order valence-corrected chi connectivity index (χ3v) is 3.17. The lowest BCUT2D eigenvalue weighted by Gasteiger charge is -2.18. The molecule has 1 rings (SSSR count). The SMILES string of the molecule is CCC(CNC(=O)N1CCC(CO)C1)C(=O)O. The average Bonchev–Trinajstić information content (AvgIpc) is 2.77. The zero-order valence-electron chi connectivity index (χ0n) is 10.1. The first-order valence-corrected chi connectivity index (χ1v) is 5.94. The number of carboxylic acids is 1. The van der Waals surface area contributed by atoms with Crippen LogP contribution < -0.4 is 5.32 Å². The molecule has 0 saturated carbocycles. The summed E-state index contributed by atoms with van der Waals surface area (Å²) >= 11 is 0. The largest absolute Gasteiger partial charge is 0.481 e. The van der Waals surface area contributed by atoms with E-state index in [2.05, 4.69) is 5.32 Å². The topological polar surface area (TPSA) is 89.9 Å². The molecule has 0 aromatic carbocycles. The highest BCUT2D eigenvalue weighted by molar-refractivity contribution is 5.76. The smallest absolute Gasteiger partial charge is 0.317 e. The molecule has 2 amide bonds. The number of urea groups is 1. The summed E-state index contributed by atoms with van der Waals surface area (Å²) in [7, 11) is 0. The summed E-state index contributed by atoms with van der Waals surface area (Å²) in [6, 6.07) is -0.236. The second kappa shape index (κ2) is 6.44. The monoisotopic (exact) mass is 244 g/mol. The number of hydrogen-bond donors (Lipinski definition) is 3.